The summed E-state index contributed by atoms with van der Waals surface area (Å²) >= 11 is 0. The zero-order chi connectivity index (χ0) is 22.5. The normalized spacial score (nSPS) is 29.6. The van der Waals surface area contributed by atoms with E-state index in [1.54, 1.807) is 18.2 Å². The van der Waals surface area contributed by atoms with Crippen LogP contribution in [0.1, 0.15) is 12.8 Å². The number of carboxylic acid groups (broad SMARTS) is 1. The Hall–Kier alpha value is -3.01. The first-order valence-electron chi connectivity index (χ1n) is 9.82. The molecule has 5 rings (SSSR count). The number of amides is 2. The lowest BCUT2D eigenvalue weighted by atomic mass is 9.90. The maximum atomic E-state index is 13.0. The number of nitrogens with zero attached hydrogens (tertiary/aromatic N) is 2. The molecule has 4 unspecified atom stereocenters. The van der Waals surface area contributed by atoms with Crippen molar-refractivity contribution < 1.29 is 37.5 Å². The number of para-hydroxylation sites is 1. The summed E-state index contributed by atoms with van der Waals surface area (Å²) in [5.74, 6) is -3.52. The van der Waals surface area contributed by atoms with Gasteiger partial charge in [0.2, 0.25) is 11.8 Å². The highest BCUT2D eigenvalue weighted by atomic mass is 19.4. The smallest absolute Gasteiger partial charge is 0.475 e. The predicted molar refractivity (Wildman–Crippen MR) is 101 cm³/mol. The first-order valence-corrected chi connectivity index (χ1v) is 9.82. The number of halogens is 3. The molecule has 1 aromatic rings. The van der Waals surface area contributed by atoms with Crippen molar-refractivity contribution in [2.24, 2.45) is 17.8 Å². The molecule has 2 bridgehead atoms. The van der Waals surface area contributed by atoms with Gasteiger partial charge in [-0.25, -0.2) is 9.69 Å². The molecule has 3 aliphatic heterocycles. The molecule has 1 aromatic carbocycles. The van der Waals surface area contributed by atoms with Crippen molar-refractivity contribution in [3.8, 4) is 0 Å². The van der Waals surface area contributed by atoms with Crippen molar-refractivity contribution >= 4 is 29.3 Å². The fourth-order valence-electron chi connectivity index (χ4n) is 4.53. The number of alkyl halides is 3. The highest BCUT2D eigenvalue weighted by Gasteiger charge is 2.64. The first kappa shape index (κ1) is 21.2. The van der Waals surface area contributed by atoms with E-state index in [2.05, 4.69) is 4.90 Å². The minimum Gasteiger partial charge on any atom is -0.475 e. The van der Waals surface area contributed by atoms with Gasteiger partial charge in [0.05, 0.1) is 23.6 Å². The maximum absolute atomic E-state index is 13.0. The van der Waals surface area contributed by atoms with Crippen molar-refractivity contribution in [3.63, 3.8) is 0 Å². The van der Waals surface area contributed by atoms with E-state index in [0.717, 1.165) is 6.54 Å². The molecule has 2 amide bonds. The summed E-state index contributed by atoms with van der Waals surface area (Å²) in [7, 11) is 0. The molecule has 31 heavy (non-hydrogen) atoms. The van der Waals surface area contributed by atoms with Crippen molar-refractivity contribution in [3.05, 3.63) is 42.5 Å². The fraction of sp³-hybridized carbons (Fsp3) is 0.429. The molecular formula is C21H19F3N2O5. The SMILES string of the molecule is O=C(O)C(F)(F)F.O=C1C=CC2C3C(=O)N(c4ccccc4)C(=O)C3C1N2CC1CC1. The molecule has 3 heterocycles. The molecule has 2 saturated heterocycles. The van der Waals surface area contributed by atoms with Crippen LogP contribution in [0.15, 0.2) is 42.5 Å². The molecule has 1 aliphatic carbocycles. The topological polar surface area (TPSA) is 95.0 Å². The number of hydrogen-bond donors (Lipinski definition) is 1. The van der Waals surface area contributed by atoms with Crippen LogP contribution in [0.25, 0.3) is 0 Å². The second-order valence-electron chi connectivity index (χ2n) is 8.04. The number of anilines is 1. The average molecular weight is 436 g/mol. The molecule has 7 nitrogen and oxygen atoms in total. The molecule has 1 N–H and O–H groups in total. The molecule has 0 spiro atoms. The van der Waals surface area contributed by atoms with E-state index in [-0.39, 0.29) is 23.6 Å². The molecular weight excluding hydrogens is 417 g/mol. The van der Waals surface area contributed by atoms with Gasteiger partial charge in [0.25, 0.3) is 0 Å². The molecule has 10 heteroatoms. The molecule has 3 fully saturated rings. The van der Waals surface area contributed by atoms with Crippen LogP contribution in [0.5, 0.6) is 0 Å². The summed E-state index contributed by atoms with van der Waals surface area (Å²) in [5.41, 5.74) is 0.602. The number of carboxylic acids is 1. The van der Waals surface area contributed by atoms with Gasteiger partial charge in [0, 0.05) is 12.6 Å². The lowest BCUT2D eigenvalue weighted by Gasteiger charge is -2.33. The summed E-state index contributed by atoms with van der Waals surface area (Å²) in [4.78, 5) is 50.9. The second kappa shape index (κ2) is 7.60. The number of carbonyl (C=O) groups excluding carboxylic acids is 3. The number of hydrogen-bond acceptors (Lipinski definition) is 5. The standard InChI is InChI=1S/C19H18N2O3.C2HF3O2/c22-14-9-8-13-15-16(17(14)20(13)10-11-6-7-11)19(24)21(18(15)23)12-4-2-1-3-5-12;3-2(4,5)1(6)7/h1-5,8-9,11,13,15-17H,6-7,10H2;(H,6,7). The van der Waals surface area contributed by atoms with Crippen molar-refractivity contribution in [1.29, 1.82) is 0 Å². The zero-order valence-corrected chi connectivity index (χ0v) is 16.2. The third kappa shape index (κ3) is 3.76. The summed E-state index contributed by atoms with van der Waals surface area (Å²) in [6, 6.07) is 8.44. The van der Waals surface area contributed by atoms with Gasteiger partial charge in [-0.3, -0.25) is 19.3 Å². The van der Waals surface area contributed by atoms with E-state index < -0.39 is 30.0 Å². The molecule has 1 saturated carbocycles. The quantitative estimate of drug-likeness (QED) is 0.729. The highest BCUT2D eigenvalue weighted by molar-refractivity contribution is 6.24. The third-order valence-corrected chi connectivity index (χ3v) is 6.02. The summed E-state index contributed by atoms with van der Waals surface area (Å²) in [6.07, 6.45) is 0.693. The van der Waals surface area contributed by atoms with E-state index in [0.29, 0.717) is 11.6 Å². The number of carbonyl (C=O) groups is 4. The molecule has 0 radical (unpaired) electrons. The minimum atomic E-state index is -5.08. The summed E-state index contributed by atoms with van der Waals surface area (Å²) in [6.45, 7) is 0.824. The monoisotopic (exact) mass is 436 g/mol. The van der Waals surface area contributed by atoms with Gasteiger partial charge in [-0.05, 0) is 37.0 Å². The fourth-order valence-corrected chi connectivity index (χ4v) is 4.53. The van der Waals surface area contributed by atoms with Gasteiger partial charge in [-0.2, -0.15) is 13.2 Å². The molecule has 164 valence electrons. The van der Waals surface area contributed by atoms with Crippen LogP contribution in [0.3, 0.4) is 0 Å². The van der Waals surface area contributed by atoms with Gasteiger partial charge < -0.3 is 5.11 Å². The van der Waals surface area contributed by atoms with Gasteiger partial charge in [-0.15, -0.1) is 0 Å². The lowest BCUT2D eigenvalue weighted by Crippen LogP contribution is -2.49. The van der Waals surface area contributed by atoms with Crippen LogP contribution in [0.4, 0.5) is 18.9 Å². The Kier molecular flexibility index (Phi) is 5.20. The van der Waals surface area contributed by atoms with Gasteiger partial charge in [0.15, 0.2) is 5.78 Å². The number of aliphatic carboxylic acids is 1. The second-order valence-corrected chi connectivity index (χ2v) is 8.04. The van der Waals surface area contributed by atoms with Gasteiger partial charge in [-0.1, -0.05) is 24.3 Å². The summed E-state index contributed by atoms with van der Waals surface area (Å²) < 4.78 is 31.7. The van der Waals surface area contributed by atoms with E-state index in [9.17, 15) is 27.6 Å². The highest BCUT2D eigenvalue weighted by Crippen LogP contribution is 2.48. The van der Waals surface area contributed by atoms with Crippen molar-refractivity contribution in [2.75, 3.05) is 11.4 Å². The average Bonchev–Trinajstić information content (AvgIpc) is 3.43. The predicted octanol–water partition coefficient (Wildman–Crippen LogP) is 2.03. The number of benzene rings is 1. The Labute approximate surface area is 175 Å². The molecule has 4 atom stereocenters. The Bertz CT molecular complexity index is 958. The van der Waals surface area contributed by atoms with E-state index in [4.69, 9.17) is 9.90 Å². The van der Waals surface area contributed by atoms with Crippen LogP contribution in [-0.4, -0.2) is 58.4 Å². The van der Waals surface area contributed by atoms with Crippen LogP contribution in [-0.2, 0) is 19.2 Å². The number of imide groups is 1. The third-order valence-electron chi connectivity index (χ3n) is 6.02. The minimum absolute atomic E-state index is 0.0320. The number of fused-ring (bicyclic) bond motifs is 5. The molecule has 4 aliphatic rings. The van der Waals surface area contributed by atoms with Gasteiger partial charge in [0.1, 0.15) is 0 Å². The Balaban J connectivity index is 0.000000289. The van der Waals surface area contributed by atoms with Crippen LogP contribution < -0.4 is 4.90 Å². The Morgan fingerprint density at radius 2 is 1.61 bits per heavy atom. The number of ketones is 1. The Morgan fingerprint density at radius 1 is 1.03 bits per heavy atom. The lowest BCUT2D eigenvalue weighted by molar-refractivity contribution is -0.192. The largest absolute Gasteiger partial charge is 0.490 e. The zero-order valence-electron chi connectivity index (χ0n) is 16.2. The first-order chi connectivity index (χ1) is 14.6. The van der Waals surface area contributed by atoms with Crippen LogP contribution in [0.2, 0.25) is 0 Å². The Morgan fingerprint density at radius 3 is 2.16 bits per heavy atom. The van der Waals surface area contributed by atoms with Crippen molar-refractivity contribution in [2.45, 2.75) is 31.1 Å². The van der Waals surface area contributed by atoms with E-state index in [1.165, 1.54) is 17.7 Å². The van der Waals surface area contributed by atoms with E-state index >= 15 is 0 Å². The molecule has 0 aromatic heterocycles. The maximum Gasteiger partial charge on any atom is 0.490 e. The number of rotatable bonds is 3. The summed E-state index contributed by atoms with van der Waals surface area (Å²) in [5, 5.41) is 7.12. The van der Waals surface area contributed by atoms with Crippen LogP contribution in [0, 0.1) is 17.8 Å². The van der Waals surface area contributed by atoms with Gasteiger partial charge >= 0.3 is 12.1 Å². The van der Waals surface area contributed by atoms with E-state index in [1.807, 2.05) is 24.3 Å². The van der Waals surface area contributed by atoms with Crippen molar-refractivity contribution in [1.82, 2.24) is 4.90 Å². The van der Waals surface area contributed by atoms with Crippen LogP contribution >= 0.6 is 0 Å².